The van der Waals surface area contributed by atoms with Crippen molar-refractivity contribution in [2.75, 3.05) is 7.11 Å². The lowest BCUT2D eigenvalue weighted by molar-refractivity contribution is 0.103. The molecule has 1 heterocycles. The maximum absolute atomic E-state index is 12.6. The van der Waals surface area contributed by atoms with Gasteiger partial charge in [-0.15, -0.1) is 11.3 Å². The van der Waals surface area contributed by atoms with Crippen LogP contribution in [0.15, 0.2) is 35.7 Å². The molecular weight excluding hydrogens is 284 g/mol. The third-order valence-electron chi connectivity index (χ3n) is 3.78. The van der Waals surface area contributed by atoms with Crippen LogP contribution in [0.1, 0.15) is 40.9 Å². The molecule has 0 saturated heterocycles. The van der Waals surface area contributed by atoms with Crippen LogP contribution in [-0.2, 0) is 0 Å². The number of hydrogen-bond acceptors (Lipinski definition) is 4. The zero-order chi connectivity index (χ0) is 14.7. The highest BCUT2D eigenvalue weighted by Gasteiger charge is 2.21. The Morgan fingerprint density at radius 1 is 1.14 bits per heavy atom. The van der Waals surface area contributed by atoms with Crippen molar-refractivity contribution in [3.63, 3.8) is 0 Å². The van der Waals surface area contributed by atoms with Gasteiger partial charge in [0, 0.05) is 5.56 Å². The van der Waals surface area contributed by atoms with Crippen molar-refractivity contribution in [3.05, 3.63) is 46.2 Å². The number of ketones is 1. The van der Waals surface area contributed by atoms with Gasteiger partial charge < -0.3 is 9.47 Å². The second kappa shape index (κ2) is 6.31. The summed E-state index contributed by atoms with van der Waals surface area (Å²) >= 11 is 1.44. The fourth-order valence-electron chi connectivity index (χ4n) is 2.62. The van der Waals surface area contributed by atoms with E-state index in [1.54, 1.807) is 31.4 Å². The van der Waals surface area contributed by atoms with Crippen molar-refractivity contribution < 1.29 is 14.3 Å². The Morgan fingerprint density at radius 3 is 2.52 bits per heavy atom. The molecule has 1 fully saturated rings. The van der Waals surface area contributed by atoms with Crippen LogP contribution in [0.4, 0.5) is 0 Å². The average molecular weight is 302 g/mol. The van der Waals surface area contributed by atoms with Crippen molar-refractivity contribution in [3.8, 4) is 11.5 Å². The van der Waals surface area contributed by atoms with Gasteiger partial charge >= 0.3 is 0 Å². The fraction of sp³-hybridized carbons (Fsp3) is 0.353. The van der Waals surface area contributed by atoms with E-state index in [4.69, 9.17) is 9.47 Å². The lowest BCUT2D eigenvalue weighted by Crippen LogP contribution is -2.12. The smallest absolute Gasteiger partial charge is 0.206 e. The van der Waals surface area contributed by atoms with Crippen molar-refractivity contribution in [1.29, 1.82) is 0 Å². The summed E-state index contributed by atoms with van der Waals surface area (Å²) in [6.07, 6.45) is 4.88. The number of hydrogen-bond donors (Lipinski definition) is 0. The highest BCUT2D eigenvalue weighted by molar-refractivity contribution is 7.12. The van der Waals surface area contributed by atoms with Crippen molar-refractivity contribution in [2.45, 2.75) is 31.8 Å². The van der Waals surface area contributed by atoms with Crippen LogP contribution in [0, 0.1) is 0 Å². The minimum absolute atomic E-state index is 0.0145. The molecule has 4 heteroatoms. The first-order chi connectivity index (χ1) is 10.3. The van der Waals surface area contributed by atoms with Crippen LogP contribution in [0.5, 0.6) is 11.5 Å². The molecule has 0 spiro atoms. The Balaban J connectivity index is 1.79. The Morgan fingerprint density at radius 2 is 1.86 bits per heavy atom. The maximum Gasteiger partial charge on any atom is 0.206 e. The van der Waals surface area contributed by atoms with Gasteiger partial charge in [0.2, 0.25) is 5.78 Å². The molecule has 1 aliphatic rings. The monoisotopic (exact) mass is 302 g/mol. The minimum atomic E-state index is 0.0145. The van der Waals surface area contributed by atoms with Gasteiger partial charge in [-0.1, -0.05) is 0 Å². The molecular formula is C17H18O3S. The van der Waals surface area contributed by atoms with Crippen molar-refractivity contribution in [1.82, 2.24) is 0 Å². The standard InChI is InChI=1S/C17H18O3S/c1-19-13-8-6-12(7-9-13)16(18)17-15(10-11-21-17)20-14-4-2-3-5-14/h6-11,14H,2-5H2,1H3. The first-order valence-electron chi connectivity index (χ1n) is 7.21. The molecule has 1 aromatic carbocycles. The van der Waals surface area contributed by atoms with Gasteiger partial charge in [-0.25, -0.2) is 0 Å². The molecule has 3 rings (SSSR count). The van der Waals surface area contributed by atoms with E-state index in [2.05, 4.69) is 0 Å². The number of thiophene rings is 1. The lowest BCUT2D eigenvalue weighted by atomic mass is 10.1. The summed E-state index contributed by atoms with van der Waals surface area (Å²) in [5.74, 6) is 1.49. The largest absolute Gasteiger partial charge is 0.497 e. The molecule has 3 nitrogen and oxygen atoms in total. The molecule has 2 aromatic rings. The van der Waals surface area contributed by atoms with Crippen LogP contribution in [-0.4, -0.2) is 19.0 Å². The highest BCUT2D eigenvalue weighted by Crippen LogP contribution is 2.32. The Kier molecular flexibility index (Phi) is 4.25. The molecule has 0 amide bonds. The van der Waals surface area contributed by atoms with Gasteiger partial charge in [-0.2, -0.15) is 0 Å². The van der Waals surface area contributed by atoms with Gasteiger partial charge in [-0.05, 0) is 61.4 Å². The van der Waals surface area contributed by atoms with Crippen molar-refractivity contribution >= 4 is 17.1 Å². The summed E-state index contributed by atoms with van der Waals surface area (Å²) in [5.41, 5.74) is 0.662. The molecule has 0 unspecified atom stereocenters. The fourth-order valence-corrected chi connectivity index (χ4v) is 3.40. The molecule has 1 aromatic heterocycles. The number of carbonyl (C=O) groups is 1. The summed E-state index contributed by atoms with van der Waals surface area (Å²) in [6, 6.07) is 9.09. The zero-order valence-corrected chi connectivity index (χ0v) is 12.8. The van der Waals surface area contributed by atoms with Crippen LogP contribution < -0.4 is 9.47 Å². The zero-order valence-electron chi connectivity index (χ0n) is 12.0. The summed E-state index contributed by atoms with van der Waals surface area (Å²) in [4.78, 5) is 13.3. The van der Waals surface area contributed by atoms with E-state index in [9.17, 15) is 4.79 Å². The number of rotatable bonds is 5. The van der Waals surface area contributed by atoms with E-state index < -0.39 is 0 Å². The van der Waals surface area contributed by atoms with E-state index >= 15 is 0 Å². The second-order valence-corrected chi connectivity index (χ2v) is 6.11. The Labute approximate surface area is 128 Å². The van der Waals surface area contributed by atoms with E-state index in [1.165, 1.54) is 24.2 Å². The van der Waals surface area contributed by atoms with Gasteiger partial charge in [0.25, 0.3) is 0 Å². The quantitative estimate of drug-likeness (QED) is 0.772. The number of methoxy groups -OCH3 is 1. The van der Waals surface area contributed by atoms with E-state index in [0.717, 1.165) is 24.3 Å². The van der Waals surface area contributed by atoms with Gasteiger partial charge in [0.1, 0.15) is 16.4 Å². The Hall–Kier alpha value is -1.81. The van der Waals surface area contributed by atoms with E-state index in [-0.39, 0.29) is 11.9 Å². The minimum Gasteiger partial charge on any atom is -0.497 e. The maximum atomic E-state index is 12.6. The summed E-state index contributed by atoms with van der Waals surface area (Å²) in [6.45, 7) is 0. The molecule has 0 bridgehead atoms. The van der Waals surface area contributed by atoms with Crippen LogP contribution in [0.3, 0.4) is 0 Å². The highest BCUT2D eigenvalue weighted by atomic mass is 32.1. The summed E-state index contributed by atoms with van der Waals surface area (Å²) in [7, 11) is 1.61. The summed E-state index contributed by atoms with van der Waals surface area (Å²) in [5, 5.41) is 1.92. The molecule has 1 aliphatic carbocycles. The average Bonchev–Trinajstić information content (AvgIpc) is 3.19. The molecule has 21 heavy (non-hydrogen) atoms. The van der Waals surface area contributed by atoms with Gasteiger partial charge in [0.05, 0.1) is 13.2 Å². The molecule has 1 saturated carbocycles. The van der Waals surface area contributed by atoms with Crippen LogP contribution in [0.25, 0.3) is 0 Å². The molecule has 110 valence electrons. The first-order valence-corrected chi connectivity index (χ1v) is 8.09. The Bertz CT molecular complexity index is 609. The van der Waals surface area contributed by atoms with Crippen molar-refractivity contribution in [2.24, 2.45) is 0 Å². The predicted octanol–water partition coefficient (Wildman–Crippen LogP) is 4.31. The van der Waals surface area contributed by atoms with Crippen LogP contribution in [0.2, 0.25) is 0 Å². The van der Waals surface area contributed by atoms with Crippen LogP contribution >= 0.6 is 11.3 Å². The van der Waals surface area contributed by atoms with Gasteiger partial charge in [-0.3, -0.25) is 4.79 Å². The lowest BCUT2D eigenvalue weighted by Gasteiger charge is -2.13. The third kappa shape index (κ3) is 3.10. The summed E-state index contributed by atoms with van der Waals surface area (Å²) < 4.78 is 11.1. The second-order valence-electron chi connectivity index (χ2n) is 5.20. The predicted molar refractivity (Wildman–Crippen MR) is 83.6 cm³/mol. The number of ether oxygens (including phenoxy) is 2. The first kappa shape index (κ1) is 14.1. The number of carbonyl (C=O) groups excluding carboxylic acids is 1. The number of benzene rings is 1. The molecule has 0 radical (unpaired) electrons. The topological polar surface area (TPSA) is 35.5 Å². The molecule has 0 N–H and O–H groups in total. The SMILES string of the molecule is COc1ccc(C(=O)c2sccc2OC2CCCC2)cc1. The van der Waals surface area contributed by atoms with E-state index in [0.29, 0.717) is 10.4 Å². The van der Waals surface area contributed by atoms with Gasteiger partial charge in [0.15, 0.2) is 0 Å². The normalized spacial score (nSPS) is 15.1. The van der Waals surface area contributed by atoms with E-state index in [1.807, 2.05) is 11.4 Å². The third-order valence-corrected chi connectivity index (χ3v) is 4.68. The molecule has 0 aliphatic heterocycles. The molecule has 0 atom stereocenters.